The van der Waals surface area contributed by atoms with Crippen LogP contribution in [-0.4, -0.2) is 40.8 Å². The molecule has 2 aromatic carbocycles. The van der Waals surface area contributed by atoms with Crippen LogP contribution in [0, 0.1) is 0 Å². The fourth-order valence-electron chi connectivity index (χ4n) is 2.10. The summed E-state index contributed by atoms with van der Waals surface area (Å²) >= 11 is 1.27. The van der Waals surface area contributed by atoms with Crippen molar-refractivity contribution >= 4 is 22.7 Å². The van der Waals surface area contributed by atoms with Crippen molar-refractivity contribution in [3.05, 3.63) is 42.0 Å². The molecule has 0 aliphatic heterocycles. The lowest BCUT2D eigenvalue weighted by atomic mass is 10.2. The smallest absolute Gasteiger partial charge is 0.231 e. The molecule has 0 fully saturated rings. The summed E-state index contributed by atoms with van der Waals surface area (Å²) in [4.78, 5) is 4.31. The average molecular weight is 357 g/mol. The number of aromatic hydroxyl groups is 2. The van der Waals surface area contributed by atoms with Gasteiger partial charge in [-0.25, -0.2) is 4.99 Å². The number of rotatable bonds is 5. The number of methoxy groups -OCH3 is 2. The molecule has 0 radical (unpaired) electrons. The molecule has 128 valence electrons. The van der Waals surface area contributed by atoms with E-state index in [1.54, 1.807) is 32.6 Å². The Bertz CT molecular complexity index is 924. The summed E-state index contributed by atoms with van der Waals surface area (Å²) in [6.45, 7) is 0. The normalized spacial score (nSPS) is 11.0. The molecule has 0 bridgehead atoms. The van der Waals surface area contributed by atoms with Gasteiger partial charge in [-0.1, -0.05) is 11.3 Å². The standard InChI is InChI=1S/C17H15N3O4S/c1-23-14-6-3-10(7-15(14)24-2)9-18-17-20-19-16(25-17)11-4-5-12(21)13(22)8-11/h3-9,21-22H,1-2H3. The zero-order chi connectivity index (χ0) is 17.8. The summed E-state index contributed by atoms with van der Waals surface area (Å²) in [5.41, 5.74) is 1.48. The van der Waals surface area contributed by atoms with Crippen molar-refractivity contribution in [2.75, 3.05) is 14.2 Å². The maximum absolute atomic E-state index is 9.57. The van der Waals surface area contributed by atoms with Crippen LogP contribution in [0.2, 0.25) is 0 Å². The predicted molar refractivity (Wildman–Crippen MR) is 95.5 cm³/mol. The first-order valence-electron chi connectivity index (χ1n) is 7.22. The van der Waals surface area contributed by atoms with Gasteiger partial charge in [0.15, 0.2) is 23.0 Å². The highest BCUT2D eigenvalue weighted by Gasteiger charge is 2.09. The molecule has 0 amide bonds. The van der Waals surface area contributed by atoms with Crippen LogP contribution in [0.5, 0.6) is 23.0 Å². The highest BCUT2D eigenvalue weighted by atomic mass is 32.1. The predicted octanol–water partition coefficient (Wildman–Crippen LogP) is 3.38. The Hall–Kier alpha value is -3.13. The van der Waals surface area contributed by atoms with Crippen molar-refractivity contribution in [2.45, 2.75) is 0 Å². The number of phenols is 2. The van der Waals surface area contributed by atoms with Gasteiger partial charge in [0.05, 0.1) is 14.2 Å². The second-order valence-corrected chi connectivity index (χ2v) is 5.92. The van der Waals surface area contributed by atoms with E-state index < -0.39 is 0 Å². The molecule has 1 heterocycles. The number of hydrogen-bond acceptors (Lipinski definition) is 8. The van der Waals surface area contributed by atoms with Gasteiger partial charge in [0.2, 0.25) is 5.13 Å². The summed E-state index contributed by atoms with van der Waals surface area (Å²) in [5, 5.41) is 28.0. The summed E-state index contributed by atoms with van der Waals surface area (Å²) < 4.78 is 10.5. The zero-order valence-corrected chi connectivity index (χ0v) is 14.3. The largest absolute Gasteiger partial charge is 0.504 e. The molecule has 0 aliphatic rings. The van der Waals surface area contributed by atoms with Crippen molar-refractivity contribution in [3.63, 3.8) is 0 Å². The number of ether oxygens (including phenoxy) is 2. The van der Waals surface area contributed by atoms with Crippen molar-refractivity contribution in [1.29, 1.82) is 0 Å². The number of phenolic OH excluding ortho intramolecular Hbond substituents is 2. The minimum atomic E-state index is -0.205. The first kappa shape index (κ1) is 16.7. The summed E-state index contributed by atoms with van der Waals surface area (Å²) in [5.74, 6) is 0.872. The van der Waals surface area contributed by atoms with Crippen molar-refractivity contribution in [3.8, 4) is 33.6 Å². The Morgan fingerprint density at radius 1 is 0.960 bits per heavy atom. The van der Waals surface area contributed by atoms with Crippen LogP contribution >= 0.6 is 11.3 Å². The molecule has 25 heavy (non-hydrogen) atoms. The highest BCUT2D eigenvalue weighted by molar-refractivity contribution is 7.18. The maximum Gasteiger partial charge on any atom is 0.231 e. The summed E-state index contributed by atoms with van der Waals surface area (Å²) in [6, 6.07) is 9.94. The van der Waals surface area contributed by atoms with Crippen molar-refractivity contribution in [1.82, 2.24) is 10.2 Å². The Balaban J connectivity index is 1.81. The maximum atomic E-state index is 9.57. The third-order valence-electron chi connectivity index (χ3n) is 3.37. The van der Waals surface area contributed by atoms with E-state index in [1.165, 1.54) is 23.5 Å². The van der Waals surface area contributed by atoms with Crippen molar-refractivity contribution < 1.29 is 19.7 Å². The van der Waals surface area contributed by atoms with Gasteiger partial charge in [-0.15, -0.1) is 10.2 Å². The molecule has 0 unspecified atom stereocenters. The summed E-state index contributed by atoms with van der Waals surface area (Å²) in [6.07, 6.45) is 1.65. The number of nitrogens with zero attached hydrogens (tertiary/aromatic N) is 3. The molecular formula is C17H15N3O4S. The zero-order valence-electron chi connectivity index (χ0n) is 13.5. The first-order valence-corrected chi connectivity index (χ1v) is 8.04. The molecule has 2 N–H and O–H groups in total. The lowest BCUT2D eigenvalue weighted by Gasteiger charge is -2.07. The van der Waals surface area contributed by atoms with E-state index in [0.29, 0.717) is 27.2 Å². The van der Waals surface area contributed by atoms with Crippen LogP contribution in [0.15, 0.2) is 41.4 Å². The Morgan fingerprint density at radius 2 is 1.76 bits per heavy atom. The van der Waals surface area contributed by atoms with Gasteiger partial charge in [-0.3, -0.25) is 0 Å². The third kappa shape index (κ3) is 3.69. The van der Waals surface area contributed by atoms with Gasteiger partial charge < -0.3 is 19.7 Å². The molecule has 0 aliphatic carbocycles. The number of benzene rings is 2. The Morgan fingerprint density at radius 3 is 2.48 bits per heavy atom. The molecule has 0 spiro atoms. The Kier molecular flexibility index (Phi) is 4.80. The molecule has 3 aromatic rings. The minimum Gasteiger partial charge on any atom is -0.504 e. The second-order valence-electron chi connectivity index (χ2n) is 4.97. The van der Waals surface area contributed by atoms with Crippen LogP contribution in [0.1, 0.15) is 5.56 Å². The van der Waals surface area contributed by atoms with Crippen LogP contribution in [-0.2, 0) is 0 Å². The quantitative estimate of drug-likeness (QED) is 0.537. The lowest BCUT2D eigenvalue weighted by Crippen LogP contribution is -1.91. The molecule has 0 saturated heterocycles. The number of aliphatic imine (C=N–C) groups is 1. The van der Waals surface area contributed by atoms with E-state index in [4.69, 9.17) is 9.47 Å². The SMILES string of the molecule is COc1ccc(C=Nc2nnc(-c3ccc(O)c(O)c3)s2)cc1OC. The third-order valence-corrected chi connectivity index (χ3v) is 4.25. The van der Waals surface area contributed by atoms with E-state index in [9.17, 15) is 10.2 Å². The molecule has 0 saturated carbocycles. The van der Waals surface area contributed by atoms with Crippen LogP contribution in [0.3, 0.4) is 0 Å². The molecular weight excluding hydrogens is 342 g/mol. The van der Waals surface area contributed by atoms with Crippen LogP contribution < -0.4 is 9.47 Å². The topological polar surface area (TPSA) is 97.1 Å². The minimum absolute atomic E-state index is 0.181. The van der Waals surface area contributed by atoms with E-state index >= 15 is 0 Å². The highest BCUT2D eigenvalue weighted by Crippen LogP contribution is 2.34. The van der Waals surface area contributed by atoms with Gasteiger partial charge in [-0.05, 0) is 42.0 Å². The molecule has 0 atom stereocenters. The van der Waals surface area contributed by atoms with E-state index in [-0.39, 0.29) is 11.5 Å². The Labute approximate surface area is 147 Å². The van der Waals surface area contributed by atoms with E-state index in [1.807, 2.05) is 12.1 Å². The molecule has 3 rings (SSSR count). The van der Waals surface area contributed by atoms with Crippen LogP contribution in [0.25, 0.3) is 10.6 Å². The second kappa shape index (κ2) is 7.18. The monoisotopic (exact) mass is 357 g/mol. The molecule has 8 heteroatoms. The van der Waals surface area contributed by atoms with Crippen LogP contribution in [0.4, 0.5) is 5.13 Å². The van der Waals surface area contributed by atoms with Gasteiger partial charge >= 0.3 is 0 Å². The average Bonchev–Trinajstić information content (AvgIpc) is 3.11. The van der Waals surface area contributed by atoms with E-state index in [2.05, 4.69) is 15.2 Å². The van der Waals surface area contributed by atoms with E-state index in [0.717, 1.165) is 5.56 Å². The molecule has 7 nitrogen and oxygen atoms in total. The van der Waals surface area contributed by atoms with Gasteiger partial charge in [0.25, 0.3) is 0 Å². The summed E-state index contributed by atoms with van der Waals surface area (Å²) in [7, 11) is 3.15. The fraction of sp³-hybridized carbons (Fsp3) is 0.118. The fourth-order valence-corrected chi connectivity index (χ4v) is 2.79. The van der Waals surface area contributed by atoms with Gasteiger partial charge in [0, 0.05) is 11.8 Å². The van der Waals surface area contributed by atoms with Gasteiger partial charge in [0.1, 0.15) is 5.01 Å². The molecule has 1 aromatic heterocycles. The van der Waals surface area contributed by atoms with Gasteiger partial charge in [-0.2, -0.15) is 0 Å². The first-order chi connectivity index (χ1) is 12.1. The lowest BCUT2D eigenvalue weighted by molar-refractivity contribution is 0.355. The number of aromatic nitrogens is 2. The number of hydrogen-bond donors (Lipinski definition) is 2. The van der Waals surface area contributed by atoms with Crippen molar-refractivity contribution in [2.24, 2.45) is 4.99 Å².